The summed E-state index contributed by atoms with van der Waals surface area (Å²) in [5.74, 6) is 0.643. The zero-order chi connectivity index (χ0) is 26.9. The first-order chi connectivity index (χ1) is 20.3. The molecule has 0 aliphatic heterocycles. The van der Waals surface area contributed by atoms with Crippen LogP contribution >= 0.6 is 11.3 Å². The van der Waals surface area contributed by atoms with E-state index >= 15 is 0 Å². The third kappa shape index (κ3) is 3.41. The number of para-hydroxylation sites is 1. The average Bonchev–Trinajstić information content (AvgIpc) is 3.73. The van der Waals surface area contributed by atoms with Crippen LogP contribution in [-0.2, 0) is 0 Å². The van der Waals surface area contributed by atoms with Crippen molar-refractivity contribution in [3.8, 4) is 28.3 Å². The monoisotopic (exact) mass is 542 g/mol. The lowest BCUT2D eigenvalue weighted by molar-refractivity contribution is 0.623. The first kappa shape index (κ1) is 22.6. The third-order valence-corrected chi connectivity index (χ3v) is 9.18. The highest BCUT2D eigenvalue weighted by atomic mass is 32.1. The number of thiophene rings is 1. The Morgan fingerprint density at radius 1 is 0.537 bits per heavy atom. The van der Waals surface area contributed by atoms with Gasteiger partial charge in [-0.1, -0.05) is 72.8 Å². The minimum Gasteiger partial charge on any atom is -0.435 e. The third-order valence-electron chi connectivity index (χ3n) is 8.05. The molecule has 0 saturated carbocycles. The number of oxazole rings is 1. The van der Waals surface area contributed by atoms with Gasteiger partial charge in [0.05, 0.1) is 11.0 Å². The summed E-state index contributed by atoms with van der Waals surface area (Å²) in [6.45, 7) is 0. The lowest BCUT2D eigenvalue weighted by atomic mass is 10.0. The summed E-state index contributed by atoms with van der Waals surface area (Å²) in [6, 6.07) is 47.2. The van der Waals surface area contributed by atoms with Crippen molar-refractivity contribution >= 4 is 64.4 Å². The van der Waals surface area contributed by atoms with Gasteiger partial charge in [0.25, 0.3) is 0 Å². The van der Waals surface area contributed by atoms with E-state index in [0.29, 0.717) is 5.89 Å². The molecule has 0 atom stereocenters. The normalized spacial score (nSPS) is 11.9. The molecule has 0 unspecified atom stereocenters. The van der Waals surface area contributed by atoms with Crippen LogP contribution in [0.5, 0.6) is 0 Å². The molecule has 9 rings (SSSR count). The molecular formula is C37H22N2OS. The van der Waals surface area contributed by atoms with Gasteiger partial charge in [0, 0.05) is 42.2 Å². The van der Waals surface area contributed by atoms with Gasteiger partial charge in [-0.05, 0) is 71.8 Å². The number of hydrogen-bond acceptors (Lipinski definition) is 3. The van der Waals surface area contributed by atoms with E-state index in [2.05, 4.69) is 138 Å². The molecule has 192 valence electrons. The van der Waals surface area contributed by atoms with Crippen molar-refractivity contribution in [2.45, 2.75) is 0 Å². The quantitative estimate of drug-likeness (QED) is 0.222. The molecule has 0 fully saturated rings. The van der Waals surface area contributed by atoms with Gasteiger partial charge in [-0.2, -0.15) is 0 Å². The number of aromatic nitrogens is 2. The number of nitrogens with zero attached hydrogens (tertiary/aromatic N) is 2. The maximum absolute atomic E-state index is 6.45. The van der Waals surface area contributed by atoms with Crippen LogP contribution in [0.2, 0.25) is 0 Å². The molecule has 9 aromatic rings. The maximum atomic E-state index is 6.45. The molecule has 6 aromatic carbocycles. The van der Waals surface area contributed by atoms with E-state index in [0.717, 1.165) is 27.7 Å². The molecule has 41 heavy (non-hydrogen) atoms. The molecule has 0 saturated heterocycles. The molecular weight excluding hydrogens is 520 g/mol. The van der Waals surface area contributed by atoms with Crippen molar-refractivity contribution in [3.63, 3.8) is 0 Å². The Balaban J connectivity index is 1.17. The molecule has 3 nitrogen and oxygen atoms in total. The van der Waals surface area contributed by atoms with Crippen LogP contribution in [0.3, 0.4) is 0 Å². The number of rotatable bonds is 3. The summed E-state index contributed by atoms with van der Waals surface area (Å²) >= 11 is 1.79. The lowest BCUT2D eigenvalue weighted by Gasteiger charge is -2.09. The van der Waals surface area contributed by atoms with Gasteiger partial charge in [0.1, 0.15) is 5.52 Å². The van der Waals surface area contributed by atoms with E-state index in [4.69, 9.17) is 9.40 Å². The highest BCUT2D eigenvalue weighted by Crippen LogP contribution is 2.40. The summed E-state index contributed by atoms with van der Waals surface area (Å²) in [5.41, 5.74) is 8.63. The van der Waals surface area contributed by atoms with Crippen molar-refractivity contribution in [2.75, 3.05) is 0 Å². The zero-order valence-electron chi connectivity index (χ0n) is 21.9. The number of fused-ring (bicyclic) bond motifs is 8. The maximum Gasteiger partial charge on any atom is 0.227 e. The SMILES string of the molecule is c1ccc(-c2ccc3c(c2)c2ccccc2n3-c2ccc(-c3nc4ccc5sc6ccccc6c5c4o3)cc2)cc1. The molecule has 0 aliphatic carbocycles. The Morgan fingerprint density at radius 3 is 2.15 bits per heavy atom. The van der Waals surface area contributed by atoms with Gasteiger partial charge < -0.3 is 8.98 Å². The minimum absolute atomic E-state index is 0.643. The van der Waals surface area contributed by atoms with E-state index in [-0.39, 0.29) is 0 Å². The van der Waals surface area contributed by atoms with E-state index in [1.807, 2.05) is 0 Å². The van der Waals surface area contributed by atoms with Crippen LogP contribution in [0.25, 0.3) is 81.3 Å². The fourth-order valence-corrected chi connectivity index (χ4v) is 7.24. The Labute approximate surface area is 239 Å². The van der Waals surface area contributed by atoms with Gasteiger partial charge in [-0.15, -0.1) is 11.3 Å². The molecule has 0 spiro atoms. The summed E-state index contributed by atoms with van der Waals surface area (Å²) in [6.07, 6.45) is 0. The highest BCUT2D eigenvalue weighted by Gasteiger charge is 2.17. The molecule has 3 aromatic heterocycles. The van der Waals surface area contributed by atoms with Gasteiger partial charge in [-0.3, -0.25) is 0 Å². The molecule has 3 heterocycles. The van der Waals surface area contributed by atoms with Crippen molar-refractivity contribution < 1.29 is 4.42 Å². The topological polar surface area (TPSA) is 31.0 Å². The van der Waals surface area contributed by atoms with Crippen molar-refractivity contribution in [1.29, 1.82) is 0 Å². The summed E-state index contributed by atoms with van der Waals surface area (Å²) < 4.78 is 11.3. The van der Waals surface area contributed by atoms with Crippen molar-refractivity contribution in [3.05, 3.63) is 133 Å². The fraction of sp³-hybridized carbons (Fsp3) is 0. The molecule has 0 amide bonds. The predicted octanol–water partition coefficient (Wildman–Crippen LogP) is 10.6. The fourth-order valence-electron chi connectivity index (χ4n) is 6.13. The summed E-state index contributed by atoms with van der Waals surface area (Å²) in [7, 11) is 0. The standard InChI is InChI=1S/C37H22N2OS/c1-2-8-23(9-3-1)25-16-20-32-29(22-25)27-10-4-6-12-31(27)39(32)26-17-14-24(15-18-26)37-38-30-19-21-34-35(36(30)40-37)28-11-5-7-13-33(28)41-34/h1-22H. The van der Waals surface area contributed by atoms with Gasteiger partial charge in [0.2, 0.25) is 5.89 Å². The van der Waals surface area contributed by atoms with E-state index in [1.54, 1.807) is 11.3 Å². The van der Waals surface area contributed by atoms with Gasteiger partial charge >= 0.3 is 0 Å². The predicted molar refractivity (Wildman–Crippen MR) is 172 cm³/mol. The van der Waals surface area contributed by atoms with Crippen LogP contribution in [-0.4, -0.2) is 9.55 Å². The molecule has 4 heteroatoms. The summed E-state index contributed by atoms with van der Waals surface area (Å²) in [5, 5.41) is 4.86. The second-order valence-electron chi connectivity index (χ2n) is 10.4. The Kier molecular flexibility index (Phi) is 4.77. The molecule has 0 bridgehead atoms. The van der Waals surface area contributed by atoms with Gasteiger partial charge in [-0.25, -0.2) is 4.98 Å². The van der Waals surface area contributed by atoms with E-state index in [9.17, 15) is 0 Å². The van der Waals surface area contributed by atoms with Crippen molar-refractivity contribution in [2.24, 2.45) is 0 Å². The Bertz CT molecular complexity index is 2410. The van der Waals surface area contributed by atoms with Gasteiger partial charge in [0.15, 0.2) is 5.58 Å². The van der Waals surface area contributed by atoms with E-state index < -0.39 is 0 Å². The van der Waals surface area contributed by atoms with Crippen molar-refractivity contribution in [1.82, 2.24) is 9.55 Å². The highest BCUT2D eigenvalue weighted by molar-refractivity contribution is 7.26. The smallest absolute Gasteiger partial charge is 0.227 e. The molecule has 0 aliphatic rings. The molecule has 0 radical (unpaired) electrons. The van der Waals surface area contributed by atoms with Crippen LogP contribution in [0, 0.1) is 0 Å². The molecule has 0 N–H and O–H groups in total. The number of hydrogen-bond donors (Lipinski definition) is 0. The average molecular weight is 543 g/mol. The first-order valence-corrected chi connectivity index (χ1v) is 14.5. The lowest BCUT2D eigenvalue weighted by Crippen LogP contribution is -1.93. The largest absolute Gasteiger partial charge is 0.435 e. The van der Waals surface area contributed by atoms with Crippen LogP contribution in [0.15, 0.2) is 138 Å². The zero-order valence-corrected chi connectivity index (χ0v) is 22.7. The van der Waals surface area contributed by atoms with Crippen LogP contribution in [0.4, 0.5) is 0 Å². The summed E-state index contributed by atoms with van der Waals surface area (Å²) in [4.78, 5) is 4.88. The second kappa shape index (κ2) is 8.65. The minimum atomic E-state index is 0.643. The van der Waals surface area contributed by atoms with Crippen LogP contribution in [0.1, 0.15) is 0 Å². The second-order valence-corrected chi connectivity index (χ2v) is 11.5. The Hall–Kier alpha value is -5.19. The van der Waals surface area contributed by atoms with E-state index in [1.165, 1.54) is 47.7 Å². The Morgan fingerprint density at radius 2 is 1.27 bits per heavy atom. The first-order valence-electron chi connectivity index (χ1n) is 13.7. The number of benzene rings is 6. The van der Waals surface area contributed by atoms with Crippen LogP contribution < -0.4 is 0 Å².